The number of benzene rings is 1. The molecule has 1 atom stereocenters. The average Bonchev–Trinajstić information content (AvgIpc) is 3.12. The van der Waals surface area contributed by atoms with Crippen LogP contribution in [0.25, 0.3) is 0 Å². The van der Waals surface area contributed by atoms with Gasteiger partial charge in [-0.1, -0.05) is 0 Å². The van der Waals surface area contributed by atoms with Gasteiger partial charge in [-0.3, -0.25) is 9.59 Å². The summed E-state index contributed by atoms with van der Waals surface area (Å²) in [5.41, 5.74) is 0.973. The Morgan fingerprint density at radius 1 is 1.03 bits per heavy atom. The Morgan fingerprint density at radius 3 is 2.14 bits per heavy atom. The molecule has 1 heterocycles. The molecule has 0 aromatic heterocycles. The van der Waals surface area contributed by atoms with Crippen molar-refractivity contribution in [2.45, 2.75) is 64.4 Å². The second kappa shape index (κ2) is 6.96. The first-order valence-corrected chi connectivity index (χ1v) is 11.1. The number of ketones is 1. The number of amides is 1. The molecule has 4 bridgehead atoms. The van der Waals surface area contributed by atoms with Gasteiger partial charge in [0.05, 0.1) is 5.56 Å². The third-order valence-electron chi connectivity index (χ3n) is 7.70. The van der Waals surface area contributed by atoms with E-state index in [2.05, 4.69) is 0 Å². The molecule has 154 valence electrons. The highest BCUT2D eigenvalue weighted by Crippen LogP contribution is 2.60. The van der Waals surface area contributed by atoms with Gasteiger partial charge in [-0.25, -0.2) is 4.79 Å². The zero-order chi connectivity index (χ0) is 20.2. The Balaban J connectivity index is 1.25. The third-order valence-corrected chi connectivity index (χ3v) is 7.70. The van der Waals surface area contributed by atoms with Crippen molar-refractivity contribution in [2.75, 3.05) is 11.4 Å². The van der Waals surface area contributed by atoms with Crippen LogP contribution < -0.4 is 4.90 Å². The standard InChI is InChI=1S/C24H29NO4/c1-15(22(27)24-12-16-9-17(13-24)11-18(10-16)14-24)29-23(28)19-4-6-20(7-5-19)25-8-2-3-21(25)26/h4-7,15-18H,2-3,8-14H2,1H3/t15-,16?,17?,18?,24?/m0/s1. The van der Waals surface area contributed by atoms with Crippen LogP contribution in [0.3, 0.4) is 0 Å². The molecule has 5 fully saturated rings. The molecule has 0 N–H and O–H groups in total. The van der Waals surface area contributed by atoms with Crippen LogP contribution in [-0.4, -0.2) is 30.3 Å². The molecule has 4 saturated carbocycles. The van der Waals surface area contributed by atoms with E-state index < -0.39 is 12.1 Å². The van der Waals surface area contributed by atoms with Crippen LogP contribution in [0, 0.1) is 23.2 Å². The number of hydrogen-bond acceptors (Lipinski definition) is 4. The van der Waals surface area contributed by atoms with Crippen molar-refractivity contribution in [1.82, 2.24) is 0 Å². The summed E-state index contributed by atoms with van der Waals surface area (Å²) in [6.45, 7) is 2.45. The van der Waals surface area contributed by atoms with E-state index in [9.17, 15) is 14.4 Å². The van der Waals surface area contributed by atoms with E-state index in [4.69, 9.17) is 4.74 Å². The quantitative estimate of drug-likeness (QED) is 0.703. The molecule has 1 aromatic carbocycles. The Labute approximate surface area is 171 Å². The Kier molecular flexibility index (Phi) is 4.52. The minimum atomic E-state index is -0.710. The van der Waals surface area contributed by atoms with Crippen molar-refractivity contribution in [3.8, 4) is 0 Å². The highest BCUT2D eigenvalue weighted by molar-refractivity contribution is 5.97. The molecule has 1 aliphatic heterocycles. The number of esters is 1. The normalized spacial score (nSPS) is 33.8. The second-order valence-corrected chi connectivity index (χ2v) is 9.81. The van der Waals surface area contributed by atoms with Gasteiger partial charge >= 0.3 is 5.97 Å². The molecule has 0 unspecified atom stereocenters. The molecule has 1 saturated heterocycles. The predicted octanol–water partition coefficient (Wildman–Crippen LogP) is 4.14. The zero-order valence-corrected chi connectivity index (χ0v) is 17.1. The highest BCUT2D eigenvalue weighted by atomic mass is 16.5. The van der Waals surface area contributed by atoms with E-state index in [1.54, 1.807) is 36.1 Å². The van der Waals surface area contributed by atoms with Gasteiger partial charge in [-0.05, 0) is 93.9 Å². The Bertz CT molecular complexity index is 808. The first kappa shape index (κ1) is 18.8. The van der Waals surface area contributed by atoms with E-state index in [0.717, 1.165) is 37.9 Å². The summed E-state index contributed by atoms with van der Waals surface area (Å²) in [6.07, 6.45) is 7.54. The van der Waals surface area contributed by atoms with Crippen molar-refractivity contribution in [3.05, 3.63) is 29.8 Å². The predicted molar refractivity (Wildman–Crippen MR) is 109 cm³/mol. The summed E-state index contributed by atoms with van der Waals surface area (Å²) in [6, 6.07) is 6.94. The Hall–Kier alpha value is -2.17. The number of anilines is 1. The van der Waals surface area contributed by atoms with Gasteiger partial charge in [0.1, 0.15) is 0 Å². The van der Waals surface area contributed by atoms with Gasteiger partial charge in [0.15, 0.2) is 11.9 Å². The number of rotatable bonds is 5. The molecule has 1 amide bonds. The van der Waals surface area contributed by atoms with Crippen LogP contribution in [-0.2, 0) is 14.3 Å². The van der Waals surface area contributed by atoms with E-state index >= 15 is 0 Å². The van der Waals surface area contributed by atoms with Gasteiger partial charge in [0.2, 0.25) is 5.91 Å². The summed E-state index contributed by atoms with van der Waals surface area (Å²) in [5.74, 6) is 1.85. The molecule has 0 radical (unpaired) electrons. The lowest BCUT2D eigenvalue weighted by atomic mass is 9.48. The topological polar surface area (TPSA) is 63.7 Å². The molecule has 1 aromatic rings. The van der Waals surface area contributed by atoms with Gasteiger partial charge in [0, 0.05) is 24.1 Å². The smallest absolute Gasteiger partial charge is 0.338 e. The highest BCUT2D eigenvalue weighted by Gasteiger charge is 2.55. The minimum absolute atomic E-state index is 0.120. The van der Waals surface area contributed by atoms with Gasteiger partial charge in [0.25, 0.3) is 0 Å². The third kappa shape index (κ3) is 3.28. The van der Waals surface area contributed by atoms with Crippen LogP contribution in [0.4, 0.5) is 5.69 Å². The molecule has 29 heavy (non-hydrogen) atoms. The van der Waals surface area contributed by atoms with Gasteiger partial charge in [-0.15, -0.1) is 0 Å². The fourth-order valence-corrected chi connectivity index (χ4v) is 6.82. The molecular weight excluding hydrogens is 366 g/mol. The molecule has 5 heteroatoms. The van der Waals surface area contributed by atoms with E-state index in [1.807, 2.05) is 0 Å². The summed E-state index contributed by atoms with van der Waals surface area (Å²) in [7, 11) is 0. The maximum atomic E-state index is 13.3. The first-order valence-electron chi connectivity index (χ1n) is 11.1. The van der Waals surface area contributed by atoms with Gasteiger partial charge in [-0.2, -0.15) is 0 Å². The maximum Gasteiger partial charge on any atom is 0.338 e. The number of carbonyl (C=O) groups is 3. The molecule has 5 nitrogen and oxygen atoms in total. The summed E-state index contributed by atoms with van der Waals surface area (Å²) < 4.78 is 5.61. The van der Waals surface area contributed by atoms with Crippen molar-refractivity contribution >= 4 is 23.3 Å². The van der Waals surface area contributed by atoms with Crippen molar-refractivity contribution < 1.29 is 19.1 Å². The molecule has 5 aliphatic rings. The molecule has 0 spiro atoms. The minimum Gasteiger partial charge on any atom is -0.451 e. The fraction of sp³-hybridized carbons (Fsp3) is 0.625. The lowest BCUT2D eigenvalue weighted by Crippen LogP contribution is -2.52. The number of carbonyl (C=O) groups excluding carboxylic acids is 3. The zero-order valence-electron chi connectivity index (χ0n) is 17.1. The van der Waals surface area contributed by atoms with Crippen molar-refractivity contribution in [3.63, 3.8) is 0 Å². The number of hydrogen-bond donors (Lipinski definition) is 0. The van der Waals surface area contributed by atoms with E-state index in [1.165, 1.54) is 19.3 Å². The summed E-state index contributed by atoms with van der Waals surface area (Å²) >= 11 is 0. The fourth-order valence-electron chi connectivity index (χ4n) is 6.82. The van der Waals surface area contributed by atoms with Crippen LogP contribution in [0.15, 0.2) is 24.3 Å². The molecular formula is C24H29NO4. The number of nitrogens with zero attached hydrogens (tertiary/aromatic N) is 1. The van der Waals surface area contributed by atoms with E-state index in [0.29, 0.717) is 29.7 Å². The molecule has 6 rings (SSSR count). The van der Waals surface area contributed by atoms with Gasteiger partial charge < -0.3 is 9.64 Å². The maximum absolute atomic E-state index is 13.3. The first-order chi connectivity index (χ1) is 13.9. The van der Waals surface area contributed by atoms with E-state index in [-0.39, 0.29) is 17.1 Å². The largest absolute Gasteiger partial charge is 0.451 e. The monoisotopic (exact) mass is 395 g/mol. The van der Waals surface area contributed by atoms with Crippen LogP contribution in [0.1, 0.15) is 68.6 Å². The summed E-state index contributed by atoms with van der Waals surface area (Å²) in [4.78, 5) is 39.6. The Morgan fingerprint density at radius 2 is 1.62 bits per heavy atom. The van der Waals surface area contributed by atoms with Crippen LogP contribution in [0.5, 0.6) is 0 Å². The molecule has 4 aliphatic carbocycles. The van der Waals surface area contributed by atoms with Crippen LogP contribution in [0.2, 0.25) is 0 Å². The van der Waals surface area contributed by atoms with Crippen molar-refractivity contribution in [2.24, 2.45) is 23.2 Å². The number of ether oxygens (including phenoxy) is 1. The lowest BCUT2D eigenvalue weighted by molar-refractivity contribution is -0.152. The lowest BCUT2D eigenvalue weighted by Gasteiger charge is -2.56. The SMILES string of the molecule is C[C@H](OC(=O)c1ccc(N2CCCC2=O)cc1)C(=O)C12CC3CC(CC(C3)C1)C2. The number of Topliss-reactive ketones (excluding diaryl/α,β-unsaturated/α-hetero) is 1. The second-order valence-electron chi connectivity index (χ2n) is 9.81. The van der Waals surface area contributed by atoms with Crippen molar-refractivity contribution in [1.29, 1.82) is 0 Å². The average molecular weight is 395 g/mol. The summed E-state index contributed by atoms with van der Waals surface area (Å²) in [5, 5.41) is 0. The van der Waals surface area contributed by atoms with Crippen LogP contribution >= 0.6 is 0 Å².